The molecule has 2 nitrogen and oxygen atoms in total. The Morgan fingerprint density at radius 3 is 2.17 bits per heavy atom. The predicted molar refractivity (Wildman–Crippen MR) is 101 cm³/mol. The Morgan fingerprint density at radius 2 is 1.65 bits per heavy atom. The van der Waals surface area contributed by atoms with Gasteiger partial charge < -0.3 is 4.90 Å². The summed E-state index contributed by atoms with van der Waals surface area (Å²) in [5, 5.41) is 0. The fourth-order valence-corrected chi connectivity index (χ4v) is 3.41. The summed E-state index contributed by atoms with van der Waals surface area (Å²) in [6.07, 6.45) is 2.43. The van der Waals surface area contributed by atoms with Gasteiger partial charge in [0.05, 0.1) is 5.69 Å². The molecule has 2 heteroatoms. The number of hydrogen-bond donors (Lipinski definition) is 0. The first-order chi connectivity index (χ1) is 10.6. The van der Waals surface area contributed by atoms with Crippen LogP contribution in [0.2, 0.25) is 0 Å². The smallest absolute Gasteiger partial charge is 0.0757 e. The lowest BCUT2D eigenvalue weighted by Gasteiger charge is -2.33. The molecule has 0 spiro atoms. The number of aryl methyl sites for hydroxylation is 1. The van der Waals surface area contributed by atoms with Gasteiger partial charge in [-0.05, 0) is 62.3 Å². The molecule has 0 bridgehead atoms. The van der Waals surface area contributed by atoms with Gasteiger partial charge in [-0.3, -0.25) is 4.98 Å². The molecule has 1 aliphatic heterocycles. The van der Waals surface area contributed by atoms with Crippen LogP contribution in [0.1, 0.15) is 76.9 Å². The van der Waals surface area contributed by atoms with Gasteiger partial charge in [0.2, 0.25) is 0 Å². The summed E-state index contributed by atoms with van der Waals surface area (Å²) in [6, 6.07) is 2.66. The number of allylic oxidation sites excluding steroid dienone is 3. The van der Waals surface area contributed by atoms with Crippen molar-refractivity contribution in [3.05, 3.63) is 40.4 Å². The van der Waals surface area contributed by atoms with Crippen LogP contribution in [0.3, 0.4) is 0 Å². The molecule has 0 amide bonds. The highest BCUT2D eigenvalue weighted by Crippen LogP contribution is 2.39. The standard InChI is InChI=1S/C21H32N2/c1-12(2)18-10-14(5)22-21-16(7)17(8)23(9)15(6)11-19(13(3)4)20(18)21/h10-13,15H,1-9H3/b17-16-,19-11-/t15-/m1/s1. The predicted octanol–water partition coefficient (Wildman–Crippen LogP) is 5.64. The van der Waals surface area contributed by atoms with Crippen molar-refractivity contribution in [3.8, 4) is 0 Å². The van der Waals surface area contributed by atoms with Crippen LogP contribution in [-0.4, -0.2) is 23.0 Å². The van der Waals surface area contributed by atoms with Crippen molar-refractivity contribution in [2.45, 2.75) is 67.3 Å². The first kappa shape index (κ1) is 17.8. The van der Waals surface area contributed by atoms with Gasteiger partial charge in [-0.2, -0.15) is 0 Å². The zero-order chi connectivity index (χ0) is 17.5. The first-order valence-corrected chi connectivity index (χ1v) is 8.79. The average molecular weight is 313 g/mol. The van der Waals surface area contributed by atoms with Crippen molar-refractivity contribution in [3.63, 3.8) is 0 Å². The number of nitrogens with zero attached hydrogens (tertiary/aromatic N) is 2. The minimum absolute atomic E-state index is 0.386. The highest BCUT2D eigenvalue weighted by Gasteiger charge is 2.25. The van der Waals surface area contributed by atoms with Gasteiger partial charge in [0.15, 0.2) is 0 Å². The second-order valence-electron chi connectivity index (χ2n) is 7.57. The third-order valence-corrected chi connectivity index (χ3v) is 5.17. The van der Waals surface area contributed by atoms with Crippen LogP contribution < -0.4 is 0 Å². The first-order valence-electron chi connectivity index (χ1n) is 8.79. The molecule has 0 aliphatic carbocycles. The molecule has 2 heterocycles. The van der Waals surface area contributed by atoms with Crippen molar-refractivity contribution in [2.24, 2.45) is 5.92 Å². The van der Waals surface area contributed by atoms with E-state index in [9.17, 15) is 0 Å². The summed E-state index contributed by atoms with van der Waals surface area (Å²) in [5.74, 6) is 0.978. The molecule has 1 aromatic heterocycles. The summed E-state index contributed by atoms with van der Waals surface area (Å²) in [4.78, 5) is 7.32. The Kier molecular flexibility index (Phi) is 5.03. The van der Waals surface area contributed by atoms with Crippen molar-refractivity contribution in [2.75, 3.05) is 7.05 Å². The van der Waals surface area contributed by atoms with Crippen LogP contribution in [0.5, 0.6) is 0 Å². The van der Waals surface area contributed by atoms with Gasteiger partial charge in [0.25, 0.3) is 0 Å². The molecule has 1 aliphatic rings. The second-order valence-corrected chi connectivity index (χ2v) is 7.57. The Labute approximate surface area is 142 Å². The Hall–Kier alpha value is -1.57. The van der Waals surface area contributed by atoms with Crippen LogP contribution >= 0.6 is 0 Å². The van der Waals surface area contributed by atoms with Crippen molar-refractivity contribution in [1.82, 2.24) is 9.88 Å². The maximum absolute atomic E-state index is 4.96. The molecular weight excluding hydrogens is 280 g/mol. The summed E-state index contributed by atoms with van der Waals surface area (Å²) >= 11 is 0. The highest BCUT2D eigenvalue weighted by molar-refractivity contribution is 5.82. The quantitative estimate of drug-likeness (QED) is 0.702. The second kappa shape index (κ2) is 6.51. The number of pyridine rings is 1. The zero-order valence-corrected chi connectivity index (χ0v) is 16.3. The van der Waals surface area contributed by atoms with Crippen LogP contribution in [0.25, 0.3) is 11.1 Å². The van der Waals surface area contributed by atoms with E-state index in [1.807, 2.05) is 0 Å². The number of aromatic nitrogens is 1. The summed E-state index contributed by atoms with van der Waals surface area (Å²) in [6.45, 7) is 18.0. The fourth-order valence-electron chi connectivity index (χ4n) is 3.41. The Morgan fingerprint density at radius 1 is 1.04 bits per heavy atom. The SMILES string of the molecule is C/C1=C(\C)N(C)[C@H](C)/C=C(/C(C)C)c2c(C(C)C)cc(C)nc21. The van der Waals surface area contributed by atoms with Crippen LogP contribution in [0.4, 0.5) is 0 Å². The van der Waals surface area contributed by atoms with Crippen molar-refractivity contribution in [1.29, 1.82) is 0 Å². The summed E-state index contributed by atoms with van der Waals surface area (Å²) < 4.78 is 0. The van der Waals surface area contributed by atoms with E-state index in [1.54, 1.807) is 0 Å². The molecule has 0 fully saturated rings. The molecule has 1 aromatic rings. The third kappa shape index (κ3) is 3.22. The molecule has 1 atom stereocenters. The van der Waals surface area contributed by atoms with Gasteiger partial charge in [0.1, 0.15) is 0 Å². The minimum Gasteiger partial charge on any atom is -0.372 e. The maximum atomic E-state index is 4.96. The largest absolute Gasteiger partial charge is 0.372 e. The van der Waals surface area contributed by atoms with Gasteiger partial charge in [0, 0.05) is 30.0 Å². The van der Waals surface area contributed by atoms with E-state index in [0.29, 0.717) is 17.9 Å². The van der Waals surface area contributed by atoms with Gasteiger partial charge in [-0.1, -0.05) is 33.8 Å². The Bertz CT molecular complexity index is 663. The highest BCUT2D eigenvalue weighted by atomic mass is 15.1. The number of rotatable bonds is 2. The topological polar surface area (TPSA) is 16.1 Å². The molecule has 0 aromatic carbocycles. The molecule has 23 heavy (non-hydrogen) atoms. The van der Waals surface area contributed by atoms with Crippen LogP contribution in [0, 0.1) is 12.8 Å². The van der Waals surface area contributed by atoms with Crippen molar-refractivity contribution >= 4 is 11.1 Å². The van der Waals surface area contributed by atoms with E-state index < -0.39 is 0 Å². The van der Waals surface area contributed by atoms with Crippen molar-refractivity contribution < 1.29 is 0 Å². The van der Waals surface area contributed by atoms with E-state index in [1.165, 1.54) is 33.7 Å². The van der Waals surface area contributed by atoms with Gasteiger partial charge in [-0.15, -0.1) is 0 Å². The normalized spacial score (nSPS) is 24.4. The summed E-state index contributed by atoms with van der Waals surface area (Å²) in [7, 11) is 2.18. The van der Waals surface area contributed by atoms with Crippen LogP contribution in [0.15, 0.2) is 17.8 Å². The third-order valence-electron chi connectivity index (χ3n) is 5.17. The van der Waals surface area contributed by atoms with E-state index in [-0.39, 0.29) is 0 Å². The lowest BCUT2D eigenvalue weighted by Crippen LogP contribution is -2.28. The summed E-state index contributed by atoms with van der Waals surface area (Å²) in [5.41, 5.74) is 9.12. The van der Waals surface area contributed by atoms with Crippen LogP contribution in [-0.2, 0) is 0 Å². The minimum atomic E-state index is 0.386. The maximum Gasteiger partial charge on any atom is 0.0757 e. The fraction of sp³-hybridized carbons (Fsp3) is 0.571. The van der Waals surface area contributed by atoms with Gasteiger partial charge in [-0.25, -0.2) is 0 Å². The Balaban J connectivity index is 2.93. The lowest BCUT2D eigenvalue weighted by atomic mass is 9.82. The monoisotopic (exact) mass is 312 g/mol. The lowest BCUT2D eigenvalue weighted by molar-refractivity contribution is 0.374. The van der Waals surface area contributed by atoms with E-state index in [2.05, 4.69) is 79.5 Å². The molecule has 0 radical (unpaired) electrons. The molecule has 0 unspecified atom stereocenters. The molecule has 2 rings (SSSR count). The molecule has 0 N–H and O–H groups in total. The molecular formula is C21H32N2. The van der Waals surface area contributed by atoms with Gasteiger partial charge >= 0.3 is 0 Å². The van der Waals surface area contributed by atoms with E-state index in [0.717, 1.165) is 5.69 Å². The molecule has 0 saturated heterocycles. The number of likely N-dealkylation sites (N-methyl/N-ethyl adjacent to an activating group) is 1. The van der Waals surface area contributed by atoms with E-state index in [4.69, 9.17) is 4.98 Å². The molecule has 126 valence electrons. The average Bonchev–Trinajstić information content (AvgIpc) is 2.48. The zero-order valence-electron chi connectivity index (χ0n) is 16.3. The number of hydrogen-bond acceptors (Lipinski definition) is 2. The van der Waals surface area contributed by atoms with E-state index >= 15 is 0 Å². The molecule has 0 saturated carbocycles. The number of fused-ring (bicyclic) bond motifs is 1.